The zero-order valence-corrected chi connectivity index (χ0v) is 16.3. The Kier molecular flexibility index (Phi) is 6.50. The lowest BCUT2D eigenvalue weighted by Gasteiger charge is -2.26. The van der Waals surface area contributed by atoms with Crippen LogP contribution in [0.1, 0.15) is 0 Å². The average molecular weight is 406 g/mol. The highest BCUT2D eigenvalue weighted by Crippen LogP contribution is 2.30. The monoisotopic (exact) mass is 406 g/mol. The fourth-order valence-electron chi connectivity index (χ4n) is 2.74. The maximum atomic E-state index is 13.0. The Morgan fingerprint density at radius 1 is 1.14 bits per heavy atom. The third-order valence-electron chi connectivity index (χ3n) is 4.15. The van der Waals surface area contributed by atoms with Crippen molar-refractivity contribution in [3.8, 4) is 11.5 Å². The van der Waals surface area contributed by atoms with Gasteiger partial charge in [0.05, 0.1) is 20.3 Å². The summed E-state index contributed by atoms with van der Waals surface area (Å²) in [4.78, 5) is 12.2. The highest BCUT2D eigenvalue weighted by Gasteiger charge is 2.29. The van der Waals surface area contributed by atoms with Crippen LogP contribution in [0.15, 0.2) is 53.4 Å². The van der Waals surface area contributed by atoms with E-state index in [0.29, 0.717) is 24.7 Å². The maximum Gasteiger partial charge on any atom is 0.262 e. The second-order valence-electron chi connectivity index (χ2n) is 6.03. The quantitative estimate of drug-likeness (QED) is 0.753. The number of nitrogens with one attached hydrogen (secondary N) is 1. The molecule has 0 aliphatic carbocycles. The predicted molar refractivity (Wildman–Crippen MR) is 103 cm³/mol. The molecule has 28 heavy (non-hydrogen) atoms. The molecular weight excluding hydrogens is 384 g/mol. The Bertz CT molecular complexity index is 911. The molecule has 1 heterocycles. The van der Waals surface area contributed by atoms with Crippen LogP contribution >= 0.6 is 0 Å². The summed E-state index contributed by atoms with van der Waals surface area (Å²) in [5.74, 6) is 0.386. The lowest BCUT2D eigenvalue weighted by atomic mass is 10.3. The molecule has 0 unspecified atom stereocenters. The van der Waals surface area contributed by atoms with Crippen molar-refractivity contribution in [1.82, 2.24) is 4.31 Å². The van der Waals surface area contributed by atoms with Crippen LogP contribution in [0, 0.1) is 0 Å². The van der Waals surface area contributed by atoms with Crippen LogP contribution in [0.2, 0.25) is 0 Å². The Labute approximate surface area is 164 Å². The molecule has 2 aromatic carbocycles. The molecule has 0 atom stereocenters. The Hall–Kier alpha value is -2.62. The van der Waals surface area contributed by atoms with Gasteiger partial charge in [0.1, 0.15) is 16.4 Å². The number of nitrogens with zero attached hydrogens (tertiary/aromatic N) is 1. The van der Waals surface area contributed by atoms with Gasteiger partial charge in [-0.1, -0.05) is 18.2 Å². The largest absolute Gasteiger partial charge is 0.495 e. The highest BCUT2D eigenvalue weighted by molar-refractivity contribution is 7.89. The number of ether oxygens (including phenoxy) is 3. The van der Waals surface area contributed by atoms with Crippen molar-refractivity contribution in [1.29, 1.82) is 0 Å². The van der Waals surface area contributed by atoms with E-state index in [1.807, 2.05) is 6.07 Å². The van der Waals surface area contributed by atoms with Crippen molar-refractivity contribution in [3.63, 3.8) is 0 Å². The first-order valence-corrected chi connectivity index (χ1v) is 10.2. The number of carbonyl (C=O) groups is 1. The first kappa shape index (κ1) is 20.1. The summed E-state index contributed by atoms with van der Waals surface area (Å²) in [6, 6.07) is 13.4. The second kappa shape index (κ2) is 9.05. The van der Waals surface area contributed by atoms with E-state index >= 15 is 0 Å². The maximum absolute atomic E-state index is 13.0. The molecule has 0 saturated carbocycles. The Morgan fingerprint density at radius 2 is 1.86 bits per heavy atom. The number of carbonyl (C=O) groups excluding carboxylic acids is 1. The highest BCUT2D eigenvalue weighted by atomic mass is 32.2. The van der Waals surface area contributed by atoms with Gasteiger partial charge in [0.25, 0.3) is 5.91 Å². The van der Waals surface area contributed by atoms with Crippen LogP contribution in [-0.4, -0.2) is 58.7 Å². The fourth-order valence-corrected chi connectivity index (χ4v) is 4.33. The standard InChI is InChI=1S/C19H22N2O6S/c1-25-17-8-7-15(20-19(22)14-27-16-5-3-2-4-6-16)13-18(17)28(23,24)21-9-11-26-12-10-21/h2-8,13H,9-12,14H2,1H3,(H,20,22). The van der Waals surface area contributed by atoms with E-state index in [-0.39, 0.29) is 30.3 Å². The number of anilines is 1. The molecule has 0 spiro atoms. The van der Waals surface area contributed by atoms with Gasteiger partial charge in [0.2, 0.25) is 10.0 Å². The van der Waals surface area contributed by atoms with E-state index in [9.17, 15) is 13.2 Å². The van der Waals surface area contributed by atoms with E-state index < -0.39 is 15.9 Å². The fraction of sp³-hybridized carbons (Fsp3) is 0.316. The molecule has 150 valence electrons. The SMILES string of the molecule is COc1ccc(NC(=O)COc2ccccc2)cc1S(=O)(=O)N1CCOCC1. The van der Waals surface area contributed by atoms with E-state index in [1.165, 1.54) is 23.5 Å². The third-order valence-corrected chi connectivity index (χ3v) is 6.07. The molecule has 0 aromatic heterocycles. The third kappa shape index (κ3) is 4.80. The van der Waals surface area contributed by atoms with Crippen LogP contribution < -0.4 is 14.8 Å². The Balaban J connectivity index is 1.74. The average Bonchev–Trinajstić information content (AvgIpc) is 2.73. The number of hydrogen-bond donors (Lipinski definition) is 1. The van der Waals surface area contributed by atoms with E-state index in [1.54, 1.807) is 30.3 Å². The molecule has 8 nitrogen and oxygen atoms in total. The topological polar surface area (TPSA) is 94.2 Å². The molecule has 0 bridgehead atoms. The summed E-state index contributed by atoms with van der Waals surface area (Å²) < 4.78 is 43.1. The van der Waals surface area contributed by atoms with Gasteiger partial charge in [-0.05, 0) is 30.3 Å². The summed E-state index contributed by atoms with van der Waals surface area (Å²) in [7, 11) is -2.37. The molecular formula is C19H22N2O6S. The first-order valence-electron chi connectivity index (χ1n) is 8.74. The molecule has 1 fully saturated rings. The smallest absolute Gasteiger partial charge is 0.262 e. The molecule has 0 radical (unpaired) electrons. The molecule has 1 aliphatic heterocycles. The number of para-hydroxylation sites is 1. The zero-order chi connectivity index (χ0) is 20.0. The molecule has 2 aromatic rings. The van der Waals surface area contributed by atoms with Crippen molar-refractivity contribution >= 4 is 21.6 Å². The van der Waals surface area contributed by atoms with E-state index in [0.717, 1.165) is 0 Å². The van der Waals surface area contributed by atoms with Gasteiger partial charge in [-0.3, -0.25) is 4.79 Å². The number of benzene rings is 2. The summed E-state index contributed by atoms with van der Waals surface area (Å²) >= 11 is 0. The van der Waals surface area contributed by atoms with Crippen molar-refractivity contribution in [2.45, 2.75) is 4.90 Å². The van der Waals surface area contributed by atoms with Gasteiger partial charge in [0, 0.05) is 18.8 Å². The minimum absolute atomic E-state index is 0.00122. The van der Waals surface area contributed by atoms with Crippen LogP contribution in [0.3, 0.4) is 0 Å². The van der Waals surface area contributed by atoms with Gasteiger partial charge in [-0.2, -0.15) is 4.31 Å². The second-order valence-corrected chi connectivity index (χ2v) is 7.94. The number of hydrogen-bond acceptors (Lipinski definition) is 6. The number of morpholine rings is 1. The van der Waals surface area contributed by atoms with Crippen molar-refractivity contribution in [2.75, 3.05) is 45.3 Å². The van der Waals surface area contributed by atoms with Crippen molar-refractivity contribution < 1.29 is 27.4 Å². The van der Waals surface area contributed by atoms with Crippen molar-refractivity contribution in [2.24, 2.45) is 0 Å². The van der Waals surface area contributed by atoms with Crippen LogP contribution in [0.4, 0.5) is 5.69 Å². The van der Waals surface area contributed by atoms with Crippen LogP contribution in [0.25, 0.3) is 0 Å². The Morgan fingerprint density at radius 3 is 2.54 bits per heavy atom. The van der Waals surface area contributed by atoms with Crippen LogP contribution in [-0.2, 0) is 19.6 Å². The van der Waals surface area contributed by atoms with Crippen LogP contribution in [0.5, 0.6) is 11.5 Å². The van der Waals surface area contributed by atoms with Gasteiger partial charge in [-0.15, -0.1) is 0 Å². The summed E-state index contributed by atoms with van der Waals surface area (Å²) in [6.07, 6.45) is 0. The molecule has 1 amide bonds. The zero-order valence-electron chi connectivity index (χ0n) is 15.5. The number of methoxy groups -OCH3 is 1. The lowest BCUT2D eigenvalue weighted by molar-refractivity contribution is -0.118. The number of rotatable bonds is 7. The van der Waals surface area contributed by atoms with Gasteiger partial charge in [-0.25, -0.2) is 8.42 Å². The first-order chi connectivity index (χ1) is 13.5. The number of sulfonamides is 1. The molecule has 3 rings (SSSR count). The van der Waals surface area contributed by atoms with Crippen molar-refractivity contribution in [3.05, 3.63) is 48.5 Å². The minimum atomic E-state index is -3.77. The summed E-state index contributed by atoms with van der Waals surface area (Å²) in [5, 5.41) is 2.65. The molecule has 1 aliphatic rings. The summed E-state index contributed by atoms with van der Waals surface area (Å²) in [6.45, 7) is 1.03. The van der Waals surface area contributed by atoms with E-state index in [4.69, 9.17) is 14.2 Å². The van der Waals surface area contributed by atoms with Gasteiger partial charge < -0.3 is 19.5 Å². The predicted octanol–water partition coefficient (Wildman–Crippen LogP) is 1.73. The summed E-state index contributed by atoms with van der Waals surface area (Å²) in [5.41, 5.74) is 0.342. The molecule has 1 saturated heterocycles. The minimum Gasteiger partial charge on any atom is -0.495 e. The normalized spacial score (nSPS) is 15.0. The molecule has 9 heteroatoms. The van der Waals surface area contributed by atoms with E-state index in [2.05, 4.69) is 5.32 Å². The van der Waals surface area contributed by atoms with Gasteiger partial charge >= 0.3 is 0 Å². The molecule has 1 N–H and O–H groups in total. The van der Waals surface area contributed by atoms with Gasteiger partial charge in [0.15, 0.2) is 6.61 Å². The number of amides is 1. The lowest BCUT2D eigenvalue weighted by Crippen LogP contribution is -2.40.